The van der Waals surface area contributed by atoms with E-state index in [1.165, 1.54) is 97.1 Å². The second-order valence-corrected chi connectivity index (χ2v) is 13.9. The molecule has 0 bridgehead atoms. The summed E-state index contributed by atoms with van der Waals surface area (Å²) in [6.07, 6.45) is 7.07. The van der Waals surface area contributed by atoms with Gasteiger partial charge in [-0.1, -0.05) is 154 Å². The molecule has 0 saturated carbocycles. The third-order valence-electron chi connectivity index (χ3n) is 10.4. The predicted octanol–water partition coefficient (Wildman–Crippen LogP) is 14.6. The molecule has 0 fully saturated rings. The summed E-state index contributed by atoms with van der Waals surface area (Å²) in [5.74, 6) is 0. The van der Waals surface area contributed by atoms with Crippen molar-refractivity contribution in [3.05, 3.63) is 175 Å². The minimum absolute atomic E-state index is 1.10. The molecule has 0 spiro atoms. The van der Waals surface area contributed by atoms with E-state index in [9.17, 15) is 0 Å². The molecule has 0 atom stereocenters. The summed E-state index contributed by atoms with van der Waals surface area (Å²) in [6.45, 7) is 4.53. The Bertz CT molecular complexity index is 2440. The molecule has 0 heterocycles. The first-order valence-corrected chi connectivity index (χ1v) is 18.7. The summed E-state index contributed by atoms with van der Waals surface area (Å²) in [4.78, 5) is 2.46. The minimum Gasteiger partial charge on any atom is -0.310 e. The smallest absolute Gasteiger partial charge is 0.0546 e. The SMILES string of the molecule is CCCCc1ccc2c(c1)cc(N(c1ccc(-c3ccc4c(CCCC)cccc4c3)cc1)c1cccc(-c3ccccc3)c1)c1ccccc12. The molecule has 0 unspecified atom stereocenters. The lowest BCUT2D eigenvalue weighted by Gasteiger charge is -2.28. The van der Waals surface area contributed by atoms with Crippen molar-refractivity contribution in [2.75, 3.05) is 4.90 Å². The number of benzene rings is 8. The van der Waals surface area contributed by atoms with Gasteiger partial charge < -0.3 is 4.90 Å². The first-order chi connectivity index (χ1) is 25.2. The number of fused-ring (bicyclic) bond motifs is 4. The van der Waals surface area contributed by atoms with Crippen molar-refractivity contribution in [3.63, 3.8) is 0 Å². The molecule has 8 aromatic rings. The van der Waals surface area contributed by atoms with Crippen LogP contribution < -0.4 is 4.90 Å². The van der Waals surface area contributed by atoms with Crippen LogP contribution in [0.5, 0.6) is 0 Å². The second-order valence-electron chi connectivity index (χ2n) is 13.9. The van der Waals surface area contributed by atoms with E-state index in [1.807, 2.05) is 0 Å². The summed E-state index contributed by atoms with van der Waals surface area (Å²) in [5.41, 5.74) is 11.2. The van der Waals surface area contributed by atoms with Gasteiger partial charge >= 0.3 is 0 Å². The van der Waals surface area contributed by atoms with Crippen molar-refractivity contribution < 1.29 is 0 Å². The maximum atomic E-state index is 2.46. The molecular weight excluding hydrogens is 615 g/mol. The number of rotatable bonds is 11. The third kappa shape index (κ3) is 6.65. The molecule has 1 heteroatoms. The van der Waals surface area contributed by atoms with Gasteiger partial charge in [-0.2, -0.15) is 0 Å². The van der Waals surface area contributed by atoms with Gasteiger partial charge in [0.05, 0.1) is 5.69 Å². The number of hydrogen-bond acceptors (Lipinski definition) is 1. The summed E-state index contributed by atoms with van der Waals surface area (Å²) < 4.78 is 0. The van der Waals surface area contributed by atoms with Gasteiger partial charge in [-0.25, -0.2) is 0 Å². The van der Waals surface area contributed by atoms with E-state index < -0.39 is 0 Å². The van der Waals surface area contributed by atoms with Crippen LogP contribution in [0.15, 0.2) is 164 Å². The fourth-order valence-electron chi connectivity index (χ4n) is 7.67. The average molecular weight is 660 g/mol. The highest BCUT2D eigenvalue weighted by molar-refractivity contribution is 6.14. The Hall–Kier alpha value is -5.66. The third-order valence-corrected chi connectivity index (χ3v) is 10.4. The summed E-state index contributed by atoms with van der Waals surface area (Å²) in [5, 5.41) is 7.79. The van der Waals surface area contributed by atoms with Crippen molar-refractivity contribution in [3.8, 4) is 22.3 Å². The fraction of sp³-hybridized carbons (Fsp3) is 0.160. The van der Waals surface area contributed by atoms with E-state index in [1.54, 1.807) is 0 Å². The molecule has 250 valence electrons. The normalized spacial score (nSPS) is 11.4. The fourth-order valence-corrected chi connectivity index (χ4v) is 7.67. The number of nitrogens with zero attached hydrogens (tertiary/aromatic N) is 1. The first kappa shape index (κ1) is 32.5. The lowest BCUT2D eigenvalue weighted by Crippen LogP contribution is -2.11. The lowest BCUT2D eigenvalue weighted by molar-refractivity contribution is 0.796. The molecule has 0 aromatic heterocycles. The molecule has 0 radical (unpaired) electrons. The van der Waals surface area contributed by atoms with E-state index >= 15 is 0 Å². The Labute approximate surface area is 302 Å². The first-order valence-electron chi connectivity index (χ1n) is 18.7. The topological polar surface area (TPSA) is 3.24 Å². The Morgan fingerprint density at radius 2 is 1.06 bits per heavy atom. The maximum absolute atomic E-state index is 2.46. The Morgan fingerprint density at radius 1 is 0.392 bits per heavy atom. The lowest BCUT2D eigenvalue weighted by atomic mass is 9.95. The molecule has 8 rings (SSSR count). The molecule has 51 heavy (non-hydrogen) atoms. The van der Waals surface area contributed by atoms with Crippen molar-refractivity contribution in [1.82, 2.24) is 0 Å². The van der Waals surface area contributed by atoms with Crippen LogP contribution in [-0.2, 0) is 12.8 Å². The Kier molecular flexibility index (Phi) is 9.36. The van der Waals surface area contributed by atoms with Crippen LogP contribution in [-0.4, -0.2) is 0 Å². The van der Waals surface area contributed by atoms with Crippen LogP contribution in [0.4, 0.5) is 17.1 Å². The van der Waals surface area contributed by atoms with Crippen LogP contribution in [0.2, 0.25) is 0 Å². The number of anilines is 3. The van der Waals surface area contributed by atoms with Gasteiger partial charge in [0.2, 0.25) is 0 Å². The standard InChI is InChI=1S/C50H45N/c1-3-5-14-36-24-30-47-43(32-36)35-50(49-23-11-10-22-48(47)49)51(45-21-13-19-40(34-45)37-16-8-7-9-17-37)44-28-25-38(26-29-44)41-27-31-46-39(15-6-4-2)18-12-20-42(46)33-41/h7-13,16-35H,3-6,14-15H2,1-2H3. The van der Waals surface area contributed by atoms with E-state index in [0.29, 0.717) is 0 Å². The minimum atomic E-state index is 1.10. The molecule has 0 N–H and O–H groups in total. The van der Waals surface area contributed by atoms with E-state index in [0.717, 1.165) is 24.2 Å². The summed E-state index contributed by atoms with van der Waals surface area (Å²) in [6, 6.07) is 60.9. The zero-order valence-electron chi connectivity index (χ0n) is 29.8. The van der Waals surface area contributed by atoms with E-state index in [2.05, 4.69) is 183 Å². The van der Waals surface area contributed by atoms with Gasteiger partial charge in [-0.3, -0.25) is 0 Å². The van der Waals surface area contributed by atoms with Gasteiger partial charge in [0.25, 0.3) is 0 Å². The monoisotopic (exact) mass is 659 g/mol. The van der Waals surface area contributed by atoms with Gasteiger partial charge in [0.1, 0.15) is 0 Å². The van der Waals surface area contributed by atoms with E-state index in [-0.39, 0.29) is 0 Å². The van der Waals surface area contributed by atoms with Crippen LogP contribution in [0.3, 0.4) is 0 Å². The van der Waals surface area contributed by atoms with Crippen molar-refractivity contribution in [1.29, 1.82) is 0 Å². The van der Waals surface area contributed by atoms with Crippen LogP contribution in [0, 0.1) is 0 Å². The average Bonchev–Trinajstić information content (AvgIpc) is 3.19. The number of hydrogen-bond donors (Lipinski definition) is 0. The quantitative estimate of drug-likeness (QED) is 0.125. The second kappa shape index (κ2) is 14.7. The predicted molar refractivity (Wildman–Crippen MR) is 222 cm³/mol. The number of aryl methyl sites for hydroxylation is 2. The molecule has 0 amide bonds. The highest BCUT2D eigenvalue weighted by Gasteiger charge is 2.18. The summed E-state index contributed by atoms with van der Waals surface area (Å²) in [7, 11) is 0. The maximum Gasteiger partial charge on any atom is 0.0546 e. The molecule has 0 aliphatic carbocycles. The number of unbranched alkanes of at least 4 members (excludes halogenated alkanes) is 2. The molecule has 1 nitrogen and oxygen atoms in total. The molecule has 0 aliphatic rings. The molecule has 0 aliphatic heterocycles. The van der Waals surface area contributed by atoms with Crippen molar-refractivity contribution in [2.45, 2.75) is 52.4 Å². The molecule has 0 saturated heterocycles. The van der Waals surface area contributed by atoms with E-state index in [4.69, 9.17) is 0 Å². The Balaban J connectivity index is 1.27. The van der Waals surface area contributed by atoms with Crippen LogP contribution >= 0.6 is 0 Å². The van der Waals surface area contributed by atoms with Gasteiger partial charge in [-0.15, -0.1) is 0 Å². The summed E-state index contributed by atoms with van der Waals surface area (Å²) >= 11 is 0. The van der Waals surface area contributed by atoms with Gasteiger partial charge in [0, 0.05) is 16.8 Å². The van der Waals surface area contributed by atoms with Gasteiger partial charge in [-0.05, 0) is 122 Å². The Morgan fingerprint density at radius 3 is 1.88 bits per heavy atom. The molecule has 8 aromatic carbocycles. The largest absolute Gasteiger partial charge is 0.310 e. The van der Waals surface area contributed by atoms with Crippen molar-refractivity contribution >= 4 is 49.4 Å². The molecular formula is C50H45N. The zero-order chi connectivity index (χ0) is 34.6. The van der Waals surface area contributed by atoms with Crippen molar-refractivity contribution in [2.24, 2.45) is 0 Å². The van der Waals surface area contributed by atoms with Crippen LogP contribution in [0.25, 0.3) is 54.6 Å². The zero-order valence-corrected chi connectivity index (χ0v) is 29.8. The van der Waals surface area contributed by atoms with Gasteiger partial charge in [0.15, 0.2) is 0 Å². The van der Waals surface area contributed by atoms with Crippen LogP contribution in [0.1, 0.15) is 50.7 Å². The highest BCUT2D eigenvalue weighted by atomic mass is 15.1. The highest BCUT2D eigenvalue weighted by Crippen LogP contribution is 2.43.